The van der Waals surface area contributed by atoms with Crippen molar-refractivity contribution in [2.24, 2.45) is 13.0 Å². The molecule has 1 heterocycles. The van der Waals surface area contributed by atoms with E-state index in [1.54, 1.807) is 0 Å². The van der Waals surface area contributed by atoms with E-state index in [4.69, 9.17) is 0 Å². The molecule has 0 spiro atoms. The van der Waals surface area contributed by atoms with Crippen LogP contribution in [-0.2, 0) is 18.4 Å². The van der Waals surface area contributed by atoms with Gasteiger partial charge in [0.25, 0.3) is 0 Å². The van der Waals surface area contributed by atoms with Crippen molar-refractivity contribution in [3.63, 3.8) is 0 Å². The molecule has 1 fully saturated rings. The number of nitrogens with one attached hydrogen (secondary N) is 1. The summed E-state index contributed by atoms with van der Waals surface area (Å²) in [6.45, 7) is 2.40. The normalized spacial score (nSPS) is 22.2. The maximum absolute atomic E-state index is 11.6. The highest BCUT2D eigenvalue weighted by Gasteiger charge is 2.53. The molecular weight excluding hydrogens is 222 g/mol. The third-order valence-electron chi connectivity index (χ3n) is 3.28. The summed E-state index contributed by atoms with van der Waals surface area (Å²) >= 11 is 0. The van der Waals surface area contributed by atoms with Crippen molar-refractivity contribution in [1.82, 2.24) is 9.88 Å². The van der Waals surface area contributed by atoms with Crippen LogP contribution in [0.2, 0.25) is 0 Å². The van der Waals surface area contributed by atoms with E-state index in [2.05, 4.69) is 5.32 Å². The summed E-state index contributed by atoms with van der Waals surface area (Å²) in [6, 6.07) is 3.23. The lowest BCUT2D eigenvalue weighted by molar-refractivity contribution is -0.497. The van der Waals surface area contributed by atoms with Crippen LogP contribution in [0.4, 0.5) is 0 Å². The Bertz CT molecular complexity index is 467. The summed E-state index contributed by atoms with van der Waals surface area (Å²) < 4.78 is 1.98. The van der Waals surface area contributed by atoms with Gasteiger partial charge in [-0.3, -0.25) is 14.9 Å². The largest absolute Gasteiger partial charge is 0.350 e. The number of hydrogen-bond acceptors (Lipinski definition) is 3. The molecule has 2 rings (SSSR count). The molecule has 1 aromatic heterocycles. The highest BCUT2D eigenvalue weighted by Crippen LogP contribution is 2.33. The number of carbonyl (C=O) groups is 1. The minimum atomic E-state index is -0.676. The number of aryl methyl sites for hydroxylation is 1. The van der Waals surface area contributed by atoms with Gasteiger partial charge < -0.3 is 9.88 Å². The smallest absolute Gasteiger partial charge is 0.230 e. The Balaban J connectivity index is 1.85. The van der Waals surface area contributed by atoms with Crippen molar-refractivity contribution < 1.29 is 9.72 Å². The Morgan fingerprint density at radius 3 is 2.82 bits per heavy atom. The minimum Gasteiger partial charge on any atom is -0.350 e. The van der Waals surface area contributed by atoms with E-state index in [-0.39, 0.29) is 10.8 Å². The number of rotatable bonds is 4. The first-order valence-electron chi connectivity index (χ1n) is 5.53. The molecule has 0 radical (unpaired) electrons. The fourth-order valence-corrected chi connectivity index (χ4v) is 1.85. The lowest BCUT2D eigenvalue weighted by Gasteiger charge is -2.06. The molecule has 6 nitrogen and oxygen atoms in total. The van der Waals surface area contributed by atoms with Gasteiger partial charge in [-0.05, 0) is 19.1 Å². The summed E-state index contributed by atoms with van der Waals surface area (Å²) in [5.74, 6) is -0.656. The fourth-order valence-electron chi connectivity index (χ4n) is 1.85. The summed E-state index contributed by atoms with van der Waals surface area (Å²) in [7, 11) is 1.92. The van der Waals surface area contributed by atoms with Gasteiger partial charge in [-0.25, -0.2) is 0 Å². The van der Waals surface area contributed by atoms with Gasteiger partial charge in [0, 0.05) is 29.8 Å². The van der Waals surface area contributed by atoms with Crippen LogP contribution in [0.3, 0.4) is 0 Å². The van der Waals surface area contributed by atoms with Crippen molar-refractivity contribution in [2.75, 3.05) is 0 Å². The molecule has 1 aliphatic carbocycles. The summed E-state index contributed by atoms with van der Waals surface area (Å²) in [6.07, 6.45) is 0.366. The molecule has 0 saturated heterocycles. The Morgan fingerprint density at radius 2 is 2.35 bits per heavy atom. The topological polar surface area (TPSA) is 77.2 Å². The van der Waals surface area contributed by atoms with Crippen molar-refractivity contribution in [3.8, 4) is 0 Å². The number of amides is 1. The van der Waals surface area contributed by atoms with Gasteiger partial charge in [0.1, 0.15) is 5.92 Å². The Morgan fingerprint density at radius 1 is 1.65 bits per heavy atom. The van der Waals surface area contributed by atoms with Gasteiger partial charge >= 0.3 is 0 Å². The van der Waals surface area contributed by atoms with Crippen LogP contribution < -0.4 is 5.32 Å². The number of nitro groups is 1. The average Bonchev–Trinajstić information content (AvgIpc) is 3.02. The van der Waals surface area contributed by atoms with Gasteiger partial charge in [-0.1, -0.05) is 0 Å². The van der Waals surface area contributed by atoms with Crippen molar-refractivity contribution in [1.29, 1.82) is 0 Å². The molecule has 17 heavy (non-hydrogen) atoms. The Labute approximate surface area is 98.8 Å². The first-order valence-corrected chi connectivity index (χ1v) is 5.53. The van der Waals surface area contributed by atoms with Crippen LogP contribution in [0.25, 0.3) is 0 Å². The monoisotopic (exact) mass is 237 g/mol. The van der Waals surface area contributed by atoms with Gasteiger partial charge in [0.05, 0.1) is 6.54 Å². The van der Waals surface area contributed by atoms with Crippen LogP contribution in [0.1, 0.15) is 17.8 Å². The first kappa shape index (κ1) is 11.6. The van der Waals surface area contributed by atoms with E-state index >= 15 is 0 Å². The molecule has 0 unspecified atom stereocenters. The number of hydrogen-bond donors (Lipinski definition) is 1. The van der Waals surface area contributed by atoms with Gasteiger partial charge in [-0.2, -0.15) is 0 Å². The van der Waals surface area contributed by atoms with Crippen LogP contribution >= 0.6 is 0 Å². The van der Waals surface area contributed by atoms with Crippen LogP contribution in [-0.4, -0.2) is 21.4 Å². The first-order chi connectivity index (χ1) is 8.00. The van der Waals surface area contributed by atoms with Crippen LogP contribution in [0.5, 0.6) is 0 Å². The standard InChI is InChI=1S/C11H15N3O3/c1-7-3-4-8(13(7)2)6-12-11(15)9-5-10(9)14(16)17/h3-4,9-10H,5-6H2,1-2H3,(H,12,15)/t9-,10-/m0/s1. The Kier molecular flexibility index (Phi) is 2.87. The molecule has 2 atom stereocenters. The zero-order chi connectivity index (χ0) is 12.6. The van der Waals surface area contributed by atoms with Crippen molar-refractivity contribution in [3.05, 3.63) is 33.6 Å². The van der Waals surface area contributed by atoms with Crippen LogP contribution in [0, 0.1) is 23.0 Å². The average molecular weight is 237 g/mol. The summed E-state index contributed by atoms with van der Waals surface area (Å²) in [4.78, 5) is 21.6. The number of aromatic nitrogens is 1. The predicted molar refractivity (Wildman–Crippen MR) is 60.9 cm³/mol. The quantitative estimate of drug-likeness (QED) is 0.615. The molecule has 0 bridgehead atoms. The molecule has 0 aliphatic heterocycles. The van der Waals surface area contributed by atoms with Crippen molar-refractivity contribution in [2.45, 2.75) is 25.9 Å². The third kappa shape index (κ3) is 2.30. The lowest BCUT2D eigenvalue weighted by Crippen LogP contribution is -2.27. The molecule has 92 valence electrons. The van der Waals surface area contributed by atoms with Gasteiger partial charge in [0.2, 0.25) is 11.9 Å². The maximum Gasteiger partial charge on any atom is 0.230 e. The zero-order valence-electron chi connectivity index (χ0n) is 9.84. The highest BCUT2D eigenvalue weighted by atomic mass is 16.6. The van der Waals surface area contributed by atoms with Crippen molar-refractivity contribution >= 4 is 5.91 Å². The van der Waals surface area contributed by atoms with E-state index in [1.807, 2.05) is 30.7 Å². The second-order valence-corrected chi connectivity index (χ2v) is 4.44. The number of carbonyl (C=O) groups excluding carboxylic acids is 1. The van der Waals surface area contributed by atoms with E-state index in [0.717, 1.165) is 11.4 Å². The zero-order valence-corrected chi connectivity index (χ0v) is 9.84. The number of nitrogens with zero attached hydrogens (tertiary/aromatic N) is 2. The third-order valence-corrected chi connectivity index (χ3v) is 3.28. The van der Waals surface area contributed by atoms with Gasteiger partial charge in [-0.15, -0.1) is 0 Å². The molecular formula is C11H15N3O3. The highest BCUT2D eigenvalue weighted by molar-refractivity contribution is 5.81. The summed E-state index contributed by atoms with van der Waals surface area (Å²) in [5.41, 5.74) is 2.11. The fraction of sp³-hybridized carbons (Fsp3) is 0.545. The second kappa shape index (κ2) is 4.20. The molecule has 6 heteroatoms. The van der Waals surface area contributed by atoms with E-state index < -0.39 is 12.0 Å². The SMILES string of the molecule is Cc1ccc(CNC(=O)[C@H]2C[C@@H]2[N+](=O)[O-])n1C. The molecule has 1 aliphatic rings. The minimum absolute atomic E-state index is 0.217. The Hall–Kier alpha value is -1.85. The molecule has 1 N–H and O–H groups in total. The molecule has 0 aromatic carbocycles. The second-order valence-electron chi connectivity index (χ2n) is 4.44. The maximum atomic E-state index is 11.6. The van der Waals surface area contributed by atoms with Crippen LogP contribution in [0.15, 0.2) is 12.1 Å². The molecule has 1 aromatic rings. The lowest BCUT2D eigenvalue weighted by atomic mass is 10.3. The molecule has 1 amide bonds. The predicted octanol–water partition coefficient (Wildman–Crippen LogP) is 0.615. The summed E-state index contributed by atoms with van der Waals surface area (Å²) in [5, 5.41) is 13.2. The van der Waals surface area contributed by atoms with E-state index in [9.17, 15) is 14.9 Å². The molecule has 1 saturated carbocycles. The van der Waals surface area contributed by atoms with E-state index in [1.165, 1.54) is 0 Å². The van der Waals surface area contributed by atoms with E-state index in [0.29, 0.717) is 13.0 Å². The van der Waals surface area contributed by atoms with Gasteiger partial charge in [0.15, 0.2) is 0 Å².